The molecular formula is C57H74N8O10S. The summed E-state index contributed by atoms with van der Waals surface area (Å²) < 4.78 is 11.7. The smallest absolute Gasteiger partial charge is 0.408 e. The van der Waals surface area contributed by atoms with Crippen LogP contribution in [0.25, 0.3) is 10.4 Å². The van der Waals surface area contributed by atoms with E-state index in [9.17, 15) is 38.7 Å². The predicted molar refractivity (Wildman–Crippen MR) is 289 cm³/mol. The number of para-hydroxylation sites is 1. The zero-order valence-electron chi connectivity index (χ0n) is 44.9. The lowest BCUT2D eigenvalue weighted by atomic mass is 9.85. The number of β-amino-alcohol motifs (C(OH)–C–C–N with tert-alkyl or cyclic N) is 1. The molecule has 0 radical (unpaired) electrons. The number of aliphatic hydroxyl groups is 1. The van der Waals surface area contributed by atoms with Gasteiger partial charge in [-0.05, 0) is 119 Å². The molecule has 0 aliphatic carbocycles. The van der Waals surface area contributed by atoms with Crippen molar-refractivity contribution in [2.24, 2.45) is 11.1 Å². The normalized spacial score (nSPS) is 19.4. The minimum absolute atomic E-state index is 0.00207. The van der Waals surface area contributed by atoms with Crippen LogP contribution in [0.1, 0.15) is 127 Å². The van der Waals surface area contributed by atoms with Crippen molar-refractivity contribution in [2.45, 2.75) is 168 Å². The van der Waals surface area contributed by atoms with Crippen molar-refractivity contribution in [3.63, 3.8) is 0 Å². The molecule has 4 heterocycles. The molecule has 1 fully saturated rings. The molecule has 3 aliphatic heterocycles. The number of benzene rings is 3. The number of amides is 7. The Balaban J connectivity index is 0.906. The van der Waals surface area contributed by atoms with E-state index in [4.69, 9.17) is 15.2 Å². The van der Waals surface area contributed by atoms with E-state index in [2.05, 4.69) is 26.3 Å². The number of nitrogens with one attached hydrogen (secondary N) is 4. The molecular weight excluding hydrogens is 989 g/mol. The molecule has 7 N–H and O–H groups in total. The second kappa shape index (κ2) is 24.4. The maximum atomic E-state index is 14.3. The number of carbonyl (C=O) groups is 7. The molecule has 18 nitrogen and oxygen atoms in total. The standard InChI is InChI=1S/C57H74N8O10S/c1-33(36-19-21-38(22-20-36)49-34(2)59-32-76-49)60-51(69)44-29-41(66)30-64(44)54(72)50(56(3,4)5)63-47(68)18-10-9-13-35-14-11-17-42(27-35)74-31-40(24-26-46(58)67)61-52(70)45-28-39-16-12-15-37-23-25-43(53(71)65(45)48(37)39)62-55(73)75-57(6,7)8/h11-12,14-17,19-22,27,32-33,40-41,43-45,50,66H,9-10,13,18,23-26,28-31H2,1-8H3,(H2,58,67)(H,60,69)(H,61,70)(H,62,73)(H,63,68)/t33-,40-,41+,43-,44-,45?,50+/m0/s1. The van der Waals surface area contributed by atoms with Gasteiger partial charge in [0.15, 0.2) is 0 Å². The van der Waals surface area contributed by atoms with Gasteiger partial charge >= 0.3 is 6.09 Å². The quantitative estimate of drug-likeness (QED) is 0.0550. The van der Waals surface area contributed by atoms with Gasteiger partial charge in [-0.25, -0.2) is 9.78 Å². The Morgan fingerprint density at radius 3 is 2.29 bits per heavy atom. The maximum Gasteiger partial charge on any atom is 0.408 e. The van der Waals surface area contributed by atoms with Gasteiger partial charge in [0.05, 0.1) is 40.0 Å². The molecule has 7 rings (SSSR count). The first kappa shape index (κ1) is 56.9. The van der Waals surface area contributed by atoms with Crippen molar-refractivity contribution in [1.82, 2.24) is 31.2 Å². The number of carbonyl (C=O) groups excluding carboxylic acids is 7. The summed E-state index contributed by atoms with van der Waals surface area (Å²) in [5.41, 5.74) is 12.1. The average molecular weight is 1060 g/mol. The Labute approximate surface area is 449 Å². The molecule has 0 bridgehead atoms. The fourth-order valence-corrected chi connectivity index (χ4v) is 10.9. The molecule has 7 atom stereocenters. The fraction of sp³-hybridized carbons (Fsp3) is 0.509. The van der Waals surface area contributed by atoms with Gasteiger partial charge in [-0.15, -0.1) is 11.3 Å². The molecule has 1 aromatic heterocycles. The van der Waals surface area contributed by atoms with E-state index in [-0.39, 0.29) is 63.1 Å². The summed E-state index contributed by atoms with van der Waals surface area (Å²) in [5, 5.41) is 22.5. The summed E-state index contributed by atoms with van der Waals surface area (Å²) in [6, 6.07) is 16.4. The minimum atomic E-state index is -0.953. The number of ether oxygens (including phenoxy) is 2. The zero-order chi connectivity index (χ0) is 55.1. The van der Waals surface area contributed by atoms with Crippen molar-refractivity contribution < 1.29 is 48.1 Å². The summed E-state index contributed by atoms with van der Waals surface area (Å²) in [4.78, 5) is 103. The first-order valence-electron chi connectivity index (χ1n) is 26.3. The van der Waals surface area contributed by atoms with Crippen LogP contribution in [0.5, 0.6) is 5.75 Å². The number of likely N-dealkylation sites (tertiary alicyclic amines) is 1. The van der Waals surface area contributed by atoms with Crippen molar-refractivity contribution in [2.75, 3.05) is 18.1 Å². The maximum absolute atomic E-state index is 14.3. The van der Waals surface area contributed by atoms with Crippen molar-refractivity contribution >= 4 is 58.6 Å². The molecule has 3 aromatic carbocycles. The van der Waals surface area contributed by atoms with Crippen molar-refractivity contribution in [1.29, 1.82) is 0 Å². The minimum Gasteiger partial charge on any atom is -0.491 e. The molecule has 3 aliphatic rings. The van der Waals surface area contributed by atoms with Crippen LogP contribution in [0.3, 0.4) is 0 Å². The number of nitrogens with two attached hydrogens (primary N) is 1. The summed E-state index contributed by atoms with van der Waals surface area (Å²) in [6.07, 6.45) is 1.65. The van der Waals surface area contributed by atoms with E-state index < -0.39 is 77.1 Å². The van der Waals surface area contributed by atoms with E-state index in [1.54, 1.807) is 38.2 Å². The summed E-state index contributed by atoms with van der Waals surface area (Å²) in [6.45, 7) is 14.6. The van der Waals surface area contributed by atoms with Crippen LogP contribution in [0.15, 0.2) is 72.2 Å². The molecule has 76 heavy (non-hydrogen) atoms. The van der Waals surface area contributed by atoms with Crippen molar-refractivity contribution in [3.05, 3.63) is 100 Å². The Bertz CT molecular complexity index is 2770. The second-order valence-corrected chi connectivity index (χ2v) is 23.2. The molecule has 1 saturated heterocycles. The highest BCUT2D eigenvalue weighted by atomic mass is 32.1. The lowest BCUT2D eigenvalue weighted by molar-refractivity contribution is -0.144. The molecule has 0 saturated carbocycles. The summed E-state index contributed by atoms with van der Waals surface area (Å²) >= 11 is 1.56. The third-order valence-electron chi connectivity index (χ3n) is 14.0. The van der Waals surface area contributed by atoms with Gasteiger partial charge in [-0.2, -0.15) is 0 Å². The number of aryl methyl sites for hydroxylation is 3. The molecule has 4 aromatic rings. The third kappa shape index (κ3) is 14.5. The zero-order valence-corrected chi connectivity index (χ0v) is 45.7. The van der Waals surface area contributed by atoms with Crippen LogP contribution < -0.4 is 36.6 Å². The van der Waals surface area contributed by atoms with Gasteiger partial charge in [0.2, 0.25) is 35.4 Å². The highest BCUT2D eigenvalue weighted by molar-refractivity contribution is 7.13. The van der Waals surface area contributed by atoms with Crippen LogP contribution >= 0.6 is 11.3 Å². The fourth-order valence-electron chi connectivity index (χ4n) is 10.1. The molecule has 1 unspecified atom stereocenters. The topological polar surface area (TPSA) is 252 Å². The Kier molecular flexibility index (Phi) is 18.3. The van der Waals surface area contributed by atoms with Crippen LogP contribution in [0, 0.1) is 12.3 Å². The van der Waals surface area contributed by atoms with E-state index in [1.807, 2.05) is 101 Å². The van der Waals surface area contributed by atoms with Crippen molar-refractivity contribution in [3.8, 4) is 16.2 Å². The number of aromatic nitrogens is 1. The lowest BCUT2D eigenvalue weighted by Gasteiger charge is -2.35. The Morgan fingerprint density at radius 2 is 1.61 bits per heavy atom. The number of rotatable bonds is 20. The lowest BCUT2D eigenvalue weighted by Crippen LogP contribution is -2.57. The molecule has 19 heteroatoms. The number of unbranched alkanes of at least 4 members (excludes halogenated alkanes) is 1. The molecule has 7 amide bonds. The summed E-state index contributed by atoms with van der Waals surface area (Å²) in [7, 11) is 0. The van der Waals surface area contributed by atoms with Gasteiger partial charge in [-0.3, -0.25) is 33.7 Å². The van der Waals surface area contributed by atoms with Crippen LogP contribution in [0.4, 0.5) is 10.5 Å². The first-order chi connectivity index (χ1) is 35.9. The summed E-state index contributed by atoms with van der Waals surface area (Å²) in [5.74, 6) is -1.98. The van der Waals surface area contributed by atoms with Crippen LogP contribution in [0.2, 0.25) is 0 Å². The molecule has 408 valence electrons. The van der Waals surface area contributed by atoms with Crippen LogP contribution in [-0.4, -0.2) is 112 Å². The van der Waals surface area contributed by atoms with Gasteiger partial charge in [0, 0.05) is 32.2 Å². The van der Waals surface area contributed by atoms with E-state index in [1.165, 1.54) is 9.80 Å². The van der Waals surface area contributed by atoms with Gasteiger partial charge in [0.1, 0.15) is 42.1 Å². The Morgan fingerprint density at radius 1 is 0.895 bits per heavy atom. The van der Waals surface area contributed by atoms with Gasteiger partial charge in [0.25, 0.3) is 0 Å². The van der Waals surface area contributed by atoms with E-state index >= 15 is 0 Å². The number of nitrogens with zero attached hydrogens (tertiary/aromatic N) is 3. The third-order valence-corrected chi connectivity index (χ3v) is 15.0. The van der Waals surface area contributed by atoms with E-state index in [0.29, 0.717) is 43.5 Å². The van der Waals surface area contributed by atoms with Gasteiger partial charge in [-0.1, -0.05) is 75.4 Å². The second-order valence-electron chi connectivity index (χ2n) is 22.3. The van der Waals surface area contributed by atoms with Crippen LogP contribution in [-0.2, 0) is 52.8 Å². The Hall–Kier alpha value is -6.86. The highest BCUT2D eigenvalue weighted by Gasteiger charge is 2.46. The number of hydrogen-bond acceptors (Lipinski definition) is 12. The number of anilines is 1. The average Bonchev–Trinajstić information content (AvgIpc) is 4.09. The number of alkyl carbamates (subject to hydrolysis) is 1. The van der Waals surface area contributed by atoms with Gasteiger partial charge < -0.3 is 46.5 Å². The number of thiazole rings is 1. The largest absolute Gasteiger partial charge is 0.491 e. The van der Waals surface area contributed by atoms with E-state index in [0.717, 1.165) is 38.4 Å². The SMILES string of the molecule is Cc1ncsc1-c1ccc([C@H](C)NC(=O)[C@@H]2C[C@@H](O)CN2C(=O)[C@@H](NC(=O)CCCCc2cccc(OC[C@H](CCC(N)=O)NC(=O)C3Cc4cccc5c4N3C(=O)[C@@H](NC(=O)OC(C)(C)C)CC5)c2)C(C)(C)C)cc1. The highest BCUT2D eigenvalue weighted by Crippen LogP contribution is 2.39. The number of hydrogen-bond donors (Lipinski definition) is 6. The number of aliphatic hydroxyl groups excluding tert-OH is 1. The predicted octanol–water partition coefficient (Wildman–Crippen LogP) is 6.13. The molecule has 0 spiro atoms. The number of primary amides is 1. The monoisotopic (exact) mass is 1060 g/mol. The first-order valence-corrected chi connectivity index (χ1v) is 27.2.